The Kier molecular flexibility index (Phi) is 3.56. The molecule has 4 heteroatoms. The van der Waals surface area contributed by atoms with Crippen LogP contribution in [0.5, 0.6) is 5.75 Å². The van der Waals surface area contributed by atoms with Crippen LogP contribution in [0.3, 0.4) is 0 Å². The lowest BCUT2D eigenvalue weighted by Crippen LogP contribution is -2.00. The summed E-state index contributed by atoms with van der Waals surface area (Å²) in [4.78, 5) is 16.4. The monoisotopic (exact) mass is 285 g/mol. The zero-order valence-electron chi connectivity index (χ0n) is 11.2. The molecule has 0 aliphatic carbocycles. The van der Waals surface area contributed by atoms with Crippen LogP contribution in [-0.2, 0) is 0 Å². The molecule has 0 aliphatic heterocycles. The summed E-state index contributed by atoms with van der Waals surface area (Å²) in [6, 6.07) is 9.54. The lowest BCUT2D eigenvalue weighted by molar-refractivity contribution is 0.104. The number of rotatable bonds is 5. The predicted molar refractivity (Wildman–Crippen MR) is 81.8 cm³/mol. The van der Waals surface area contributed by atoms with E-state index in [1.165, 1.54) is 11.3 Å². The first-order valence-electron chi connectivity index (χ1n) is 6.62. The molecule has 0 aliphatic rings. The highest BCUT2D eigenvalue weighted by molar-refractivity contribution is 7.12. The Labute approximate surface area is 121 Å². The van der Waals surface area contributed by atoms with Crippen molar-refractivity contribution in [2.45, 2.75) is 13.3 Å². The number of carbonyl (C=O) groups is 1. The van der Waals surface area contributed by atoms with E-state index in [1.54, 1.807) is 6.20 Å². The highest BCUT2D eigenvalue weighted by atomic mass is 32.1. The molecule has 0 bridgehead atoms. The Morgan fingerprint density at radius 1 is 1.30 bits per heavy atom. The molecule has 3 rings (SSSR count). The molecule has 0 unspecified atom stereocenters. The molecule has 2 aromatic heterocycles. The van der Waals surface area contributed by atoms with Crippen molar-refractivity contribution in [1.29, 1.82) is 0 Å². The van der Waals surface area contributed by atoms with Crippen LogP contribution in [0.1, 0.15) is 28.6 Å². The van der Waals surface area contributed by atoms with E-state index in [2.05, 4.69) is 11.9 Å². The van der Waals surface area contributed by atoms with Crippen molar-refractivity contribution in [3.63, 3.8) is 0 Å². The van der Waals surface area contributed by atoms with Gasteiger partial charge in [0, 0.05) is 11.7 Å². The number of carbonyl (C=O) groups excluding carboxylic acids is 1. The van der Waals surface area contributed by atoms with Gasteiger partial charge in [0.2, 0.25) is 5.78 Å². The maximum absolute atomic E-state index is 12.5. The number of hydrogen-bond donors (Lipinski definition) is 1. The van der Waals surface area contributed by atoms with Crippen LogP contribution in [0.15, 0.2) is 41.9 Å². The van der Waals surface area contributed by atoms with Gasteiger partial charge in [-0.15, -0.1) is 11.3 Å². The molecule has 102 valence electrons. The topological polar surface area (TPSA) is 42.1 Å². The van der Waals surface area contributed by atoms with Gasteiger partial charge in [0.15, 0.2) is 0 Å². The number of aromatic amines is 1. The summed E-state index contributed by atoms with van der Waals surface area (Å²) in [5.74, 6) is 0.810. The predicted octanol–water partition coefficient (Wildman–Crippen LogP) is 4.25. The Balaban J connectivity index is 2.09. The van der Waals surface area contributed by atoms with Crippen LogP contribution in [0.4, 0.5) is 0 Å². The fraction of sp³-hybridized carbons (Fsp3) is 0.188. The van der Waals surface area contributed by atoms with Crippen LogP contribution in [0.25, 0.3) is 10.9 Å². The summed E-state index contributed by atoms with van der Waals surface area (Å²) in [7, 11) is 0. The molecule has 0 radical (unpaired) electrons. The zero-order valence-corrected chi connectivity index (χ0v) is 12.0. The van der Waals surface area contributed by atoms with Gasteiger partial charge in [-0.1, -0.05) is 19.1 Å². The van der Waals surface area contributed by atoms with E-state index in [-0.39, 0.29) is 5.78 Å². The first-order valence-corrected chi connectivity index (χ1v) is 7.50. The number of thiophene rings is 1. The fourth-order valence-corrected chi connectivity index (χ4v) is 2.88. The maximum atomic E-state index is 12.5. The van der Waals surface area contributed by atoms with Gasteiger partial charge in [-0.2, -0.15) is 0 Å². The molecule has 2 heterocycles. The molecule has 0 amide bonds. The largest absolute Gasteiger partial charge is 0.493 e. The van der Waals surface area contributed by atoms with Crippen molar-refractivity contribution in [1.82, 2.24) is 4.98 Å². The third-order valence-corrected chi connectivity index (χ3v) is 3.99. The van der Waals surface area contributed by atoms with E-state index in [4.69, 9.17) is 4.74 Å². The third-order valence-electron chi connectivity index (χ3n) is 3.12. The molecule has 0 spiro atoms. The smallest absolute Gasteiger partial charge is 0.205 e. The second kappa shape index (κ2) is 5.51. The molecule has 0 fully saturated rings. The maximum Gasteiger partial charge on any atom is 0.205 e. The number of aromatic nitrogens is 1. The normalized spacial score (nSPS) is 10.8. The average molecular weight is 285 g/mol. The van der Waals surface area contributed by atoms with Crippen LogP contribution in [0, 0.1) is 0 Å². The molecule has 0 saturated heterocycles. The quantitative estimate of drug-likeness (QED) is 0.712. The number of benzene rings is 1. The minimum Gasteiger partial charge on any atom is -0.493 e. The lowest BCUT2D eigenvalue weighted by atomic mass is 10.1. The molecule has 1 aromatic carbocycles. The average Bonchev–Trinajstić information content (AvgIpc) is 3.13. The van der Waals surface area contributed by atoms with E-state index >= 15 is 0 Å². The Morgan fingerprint density at radius 3 is 2.95 bits per heavy atom. The van der Waals surface area contributed by atoms with Crippen LogP contribution in [0.2, 0.25) is 0 Å². The van der Waals surface area contributed by atoms with Gasteiger partial charge in [-0.3, -0.25) is 4.79 Å². The van der Waals surface area contributed by atoms with Crippen molar-refractivity contribution < 1.29 is 9.53 Å². The van der Waals surface area contributed by atoms with E-state index < -0.39 is 0 Å². The van der Waals surface area contributed by atoms with E-state index in [0.717, 1.165) is 28.0 Å². The van der Waals surface area contributed by atoms with Crippen LogP contribution in [-0.4, -0.2) is 17.4 Å². The highest BCUT2D eigenvalue weighted by Crippen LogP contribution is 2.31. The van der Waals surface area contributed by atoms with Crippen molar-refractivity contribution >= 4 is 28.0 Å². The Hall–Kier alpha value is -2.07. The van der Waals surface area contributed by atoms with Crippen molar-refractivity contribution in [2.75, 3.05) is 6.61 Å². The third kappa shape index (κ3) is 2.23. The van der Waals surface area contributed by atoms with Crippen molar-refractivity contribution in [3.05, 3.63) is 52.3 Å². The van der Waals surface area contributed by atoms with Crippen LogP contribution < -0.4 is 4.74 Å². The fourth-order valence-electron chi connectivity index (χ4n) is 2.20. The van der Waals surface area contributed by atoms with Gasteiger partial charge < -0.3 is 9.72 Å². The zero-order chi connectivity index (χ0) is 13.9. The molecule has 0 saturated carbocycles. The highest BCUT2D eigenvalue weighted by Gasteiger charge is 2.17. The standard InChI is InChI=1S/C16H15NO2S/c1-2-8-19-13-6-3-5-12-15(13)11(10-17-12)16(18)14-7-4-9-20-14/h3-7,9-10,17H,2,8H2,1H3. The van der Waals surface area contributed by atoms with Crippen molar-refractivity contribution in [2.24, 2.45) is 0 Å². The van der Waals surface area contributed by atoms with Crippen molar-refractivity contribution in [3.8, 4) is 5.75 Å². The number of fused-ring (bicyclic) bond motifs is 1. The molecular weight excluding hydrogens is 270 g/mol. The summed E-state index contributed by atoms with van der Waals surface area (Å²) >= 11 is 1.46. The minimum absolute atomic E-state index is 0.0406. The van der Waals surface area contributed by atoms with E-state index in [0.29, 0.717) is 12.2 Å². The summed E-state index contributed by atoms with van der Waals surface area (Å²) in [6.45, 7) is 2.71. The van der Waals surface area contributed by atoms with E-state index in [1.807, 2.05) is 35.7 Å². The van der Waals surface area contributed by atoms with E-state index in [9.17, 15) is 4.79 Å². The number of hydrogen-bond acceptors (Lipinski definition) is 3. The minimum atomic E-state index is 0.0406. The number of ether oxygens (including phenoxy) is 1. The number of H-pyrrole nitrogens is 1. The van der Waals surface area contributed by atoms with Gasteiger partial charge >= 0.3 is 0 Å². The van der Waals surface area contributed by atoms with Gasteiger partial charge in [-0.25, -0.2) is 0 Å². The second-order valence-electron chi connectivity index (χ2n) is 4.54. The van der Waals surface area contributed by atoms with Crippen LogP contribution >= 0.6 is 11.3 Å². The molecular formula is C16H15NO2S. The first-order chi connectivity index (χ1) is 9.81. The number of nitrogens with one attached hydrogen (secondary N) is 1. The second-order valence-corrected chi connectivity index (χ2v) is 5.48. The molecule has 0 atom stereocenters. The summed E-state index contributed by atoms with van der Waals surface area (Å²) in [5.41, 5.74) is 1.60. The Morgan fingerprint density at radius 2 is 2.20 bits per heavy atom. The molecule has 20 heavy (non-hydrogen) atoms. The summed E-state index contributed by atoms with van der Waals surface area (Å²) in [6.07, 6.45) is 2.71. The number of ketones is 1. The lowest BCUT2D eigenvalue weighted by Gasteiger charge is -2.07. The Bertz CT molecular complexity index is 728. The van der Waals surface area contributed by atoms with Gasteiger partial charge in [0.1, 0.15) is 5.75 Å². The molecule has 3 nitrogen and oxygen atoms in total. The molecule has 3 aromatic rings. The summed E-state index contributed by atoms with van der Waals surface area (Å²) < 4.78 is 5.77. The SMILES string of the molecule is CCCOc1cccc2[nH]cc(C(=O)c3cccs3)c12. The van der Waals surface area contributed by atoms with Gasteiger partial charge in [-0.05, 0) is 30.0 Å². The van der Waals surface area contributed by atoms with Gasteiger partial charge in [0.05, 0.1) is 22.4 Å². The summed E-state index contributed by atoms with van der Waals surface area (Å²) in [5, 5.41) is 2.79. The molecule has 1 N–H and O–H groups in total. The first kappa shape index (κ1) is 12.9. The van der Waals surface area contributed by atoms with Gasteiger partial charge in [0.25, 0.3) is 0 Å².